The molecule has 0 saturated heterocycles. The molecule has 0 amide bonds. The average Bonchev–Trinajstić information content (AvgIpc) is 2.72. The molecule has 15 heavy (non-hydrogen) atoms. The van der Waals surface area contributed by atoms with E-state index in [-0.39, 0.29) is 6.61 Å². The van der Waals surface area contributed by atoms with Gasteiger partial charge >= 0.3 is 0 Å². The summed E-state index contributed by atoms with van der Waals surface area (Å²) in [6, 6.07) is 0.503. The lowest BCUT2D eigenvalue weighted by molar-refractivity contribution is 0.218. The Morgan fingerprint density at radius 2 is 2.27 bits per heavy atom. The molecule has 0 radical (unpaired) electrons. The number of nitrogens with zero attached hydrogens (tertiary/aromatic N) is 3. The third kappa shape index (κ3) is 1.42. The van der Waals surface area contributed by atoms with Crippen LogP contribution in [0.2, 0.25) is 0 Å². The van der Waals surface area contributed by atoms with Crippen molar-refractivity contribution in [2.24, 2.45) is 5.92 Å². The number of hydrogen-bond donors (Lipinski definition) is 2. The Morgan fingerprint density at radius 3 is 3.13 bits per heavy atom. The highest BCUT2D eigenvalue weighted by Crippen LogP contribution is 2.37. The first-order valence-corrected chi connectivity index (χ1v) is 5.68. The Balaban J connectivity index is 1.95. The largest absolute Gasteiger partial charge is 0.388 e. The van der Waals surface area contributed by atoms with Crippen LogP contribution < -0.4 is 5.32 Å². The van der Waals surface area contributed by atoms with E-state index in [0.717, 1.165) is 12.5 Å². The van der Waals surface area contributed by atoms with E-state index in [0.29, 0.717) is 17.8 Å². The molecule has 1 saturated carbocycles. The molecule has 0 spiro atoms. The van der Waals surface area contributed by atoms with Crippen LogP contribution in [0.25, 0.3) is 0 Å². The second-order valence-corrected chi connectivity index (χ2v) is 4.45. The number of anilines is 1. The van der Waals surface area contributed by atoms with E-state index < -0.39 is 0 Å². The minimum absolute atomic E-state index is 0.0704. The Morgan fingerprint density at radius 1 is 1.40 bits per heavy atom. The number of fused-ring (bicyclic) bond motifs is 3. The van der Waals surface area contributed by atoms with Crippen molar-refractivity contribution in [3.63, 3.8) is 0 Å². The zero-order valence-electron chi connectivity index (χ0n) is 8.69. The predicted molar refractivity (Wildman–Crippen MR) is 55.4 cm³/mol. The molecule has 1 aromatic rings. The molecule has 5 nitrogen and oxygen atoms in total. The quantitative estimate of drug-likeness (QED) is 0.720. The molecule has 3 rings (SSSR count). The number of rotatable bonds is 1. The Hall–Kier alpha value is -1.10. The first kappa shape index (κ1) is 9.15. The fourth-order valence-corrected chi connectivity index (χ4v) is 2.76. The SMILES string of the molecule is OCc1nc2n(n1)C1CCCCC1CN2. The summed E-state index contributed by atoms with van der Waals surface area (Å²) in [5.74, 6) is 2.06. The summed E-state index contributed by atoms with van der Waals surface area (Å²) in [6.45, 7) is 0.938. The van der Waals surface area contributed by atoms with Gasteiger partial charge in [-0.3, -0.25) is 0 Å². The number of aromatic nitrogens is 3. The van der Waals surface area contributed by atoms with E-state index in [1.54, 1.807) is 0 Å². The lowest BCUT2D eigenvalue weighted by atomic mass is 9.84. The van der Waals surface area contributed by atoms with E-state index in [4.69, 9.17) is 5.11 Å². The third-order valence-electron chi connectivity index (χ3n) is 3.52. The minimum Gasteiger partial charge on any atom is -0.388 e. The van der Waals surface area contributed by atoms with Crippen molar-refractivity contribution >= 4 is 5.95 Å². The van der Waals surface area contributed by atoms with Crippen LogP contribution in [0, 0.1) is 5.92 Å². The summed E-state index contributed by atoms with van der Waals surface area (Å²) < 4.78 is 1.98. The zero-order chi connectivity index (χ0) is 10.3. The summed E-state index contributed by atoms with van der Waals surface area (Å²) in [6.07, 6.45) is 5.10. The topological polar surface area (TPSA) is 63.0 Å². The zero-order valence-corrected chi connectivity index (χ0v) is 8.69. The molecule has 1 aromatic heterocycles. The van der Waals surface area contributed by atoms with Gasteiger partial charge < -0.3 is 10.4 Å². The molecule has 5 heteroatoms. The van der Waals surface area contributed by atoms with Crippen LogP contribution in [0.3, 0.4) is 0 Å². The average molecular weight is 208 g/mol. The molecule has 2 aliphatic rings. The maximum absolute atomic E-state index is 9.02. The monoisotopic (exact) mass is 208 g/mol. The Bertz CT molecular complexity index is 362. The van der Waals surface area contributed by atoms with Crippen molar-refractivity contribution in [1.29, 1.82) is 0 Å². The normalized spacial score (nSPS) is 29.1. The van der Waals surface area contributed by atoms with Crippen LogP contribution in [-0.2, 0) is 6.61 Å². The van der Waals surface area contributed by atoms with Gasteiger partial charge in [-0.05, 0) is 18.8 Å². The molecule has 1 aliphatic heterocycles. The van der Waals surface area contributed by atoms with Crippen molar-refractivity contribution in [1.82, 2.24) is 14.8 Å². The van der Waals surface area contributed by atoms with E-state index in [9.17, 15) is 0 Å². The number of aliphatic hydroxyl groups is 1. The van der Waals surface area contributed by atoms with Gasteiger partial charge in [-0.2, -0.15) is 10.1 Å². The molecule has 2 atom stereocenters. The molecule has 2 N–H and O–H groups in total. The van der Waals surface area contributed by atoms with Gasteiger partial charge in [0.15, 0.2) is 5.82 Å². The van der Waals surface area contributed by atoms with Gasteiger partial charge in [0.2, 0.25) is 5.95 Å². The molecule has 1 fully saturated rings. The Labute approximate surface area is 88.5 Å². The molecule has 1 aliphatic carbocycles. The molecular formula is C10H16N4O. The number of aliphatic hydroxyl groups excluding tert-OH is 1. The van der Waals surface area contributed by atoms with Gasteiger partial charge in [0.05, 0.1) is 6.04 Å². The Kier molecular flexibility index (Phi) is 2.12. The number of nitrogens with one attached hydrogen (secondary N) is 1. The van der Waals surface area contributed by atoms with E-state index in [2.05, 4.69) is 15.4 Å². The summed E-state index contributed by atoms with van der Waals surface area (Å²) in [5, 5.41) is 16.7. The molecule has 0 bridgehead atoms. The van der Waals surface area contributed by atoms with Gasteiger partial charge in [-0.1, -0.05) is 12.8 Å². The summed E-state index contributed by atoms with van der Waals surface area (Å²) in [5.41, 5.74) is 0. The highest BCUT2D eigenvalue weighted by Gasteiger charge is 2.33. The van der Waals surface area contributed by atoms with E-state index in [1.807, 2.05) is 4.68 Å². The molecule has 2 heterocycles. The van der Waals surface area contributed by atoms with E-state index >= 15 is 0 Å². The van der Waals surface area contributed by atoms with Crippen LogP contribution in [0.15, 0.2) is 0 Å². The summed E-state index contributed by atoms with van der Waals surface area (Å²) in [4.78, 5) is 4.25. The van der Waals surface area contributed by atoms with Crippen molar-refractivity contribution in [3.8, 4) is 0 Å². The minimum atomic E-state index is -0.0704. The van der Waals surface area contributed by atoms with Gasteiger partial charge in [-0.15, -0.1) is 0 Å². The third-order valence-corrected chi connectivity index (χ3v) is 3.52. The molecule has 2 unspecified atom stereocenters. The van der Waals surface area contributed by atoms with Crippen LogP contribution in [0.1, 0.15) is 37.5 Å². The summed E-state index contributed by atoms with van der Waals surface area (Å²) >= 11 is 0. The maximum atomic E-state index is 9.02. The maximum Gasteiger partial charge on any atom is 0.221 e. The highest BCUT2D eigenvalue weighted by molar-refractivity contribution is 5.29. The predicted octanol–water partition coefficient (Wildman–Crippen LogP) is 0.927. The molecule has 82 valence electrons. The van der Waals surface area contributed by atoms with Crippen LogP contribution in [0.5, 0.6) is 0 Å². The molecular weight excluding hydrogens is 192 g/mol. The van der Waals surface area contributed by atoms with Gasteiger partial charge in [0.1, 0.15) is 6.61 Å². The fraction of sp³-hybridized carbons (Fsp3) is 0.800. The smallest absolute Gasteiger partial charge is 0.221 e. The van der Waals surface area contributed by atoms with Crippen molar-refractivity contribution in [2.45, 2.75) is 38.3 Å². The second-order valence-electron chi connectivity index (χ2n) is 4.45. The van der Waals surface area contributed by atoms with Gasteiger partial charge in [0, 0.05) is 6.54 Å². The molecule has 0 aromatic carbocycles. The van der Waals surface area contributed by atoms with E-state index in [1.165, 1.54) is 25.7 Å². The van der Waals surface area contributed by atoms with Crippen molar-refractivity contribution in [3.05, 3.63) is 5.82 Å². The standard InChI is InChI=1S/C10H16N4O/c15-6-9-12-10-11-5-7-3-1-2-4-8(7)14(10)13-9/h7-8,15H,1-6H2,(H,11,12,13). The summed E-state index contributed by atoms with van der Waals surface area (Å²) in [7, 11) is 0. The lowest BCUT2D eigenvalue weighted by Crippen LogP contribution is -2.35. The van der Waals surface area contributed by atoms with Crippen molar-refractivity contribution < 1.29 is 5.11 Å². The second kappa shape index (κ2) is 3.48. The fourth-order valence-electron chi connectivity index (χ4n) is 2.76. The lowest BCUT2D eigenvalue weighted by Gasteiger charge is -2.36. The highest BCUT2D eigenvalue weighted by atomic mass is 16.3. The van der Waals surface area contributed by atoms with Crippen LogP contribution in [-0.4, -0.2) is 26.4 Å². The first-order chi connectivity index (χ1) is 7.38. The van der Waals surface area contributed by atoms with Gasteiger partial charge in [0.25, 0.3) is 0 Å². The van der Waals surface area contributed by atoms with Gasteiger partial charge in [-0.25, -0.2) is 4.68 Å². The van der Waals surface area contributed by atoms with Crippen molar-refractivity contribution in [2.75, 3.05) is 11.9 Å². The van der Waals surface area contributed by atoms with Crippen LogP contribution >= 0.6 is 0 Å². The number of hydrogen-bond acceptors (Lipinski definition) is 4. The van der Waals surface area contributed by atoms with Crippen LogP contribution in [0.4, 0.5) is 5.95 Å². The first-order valence-electron chi connectivity index (χ1n) is 5.68.